The molecule has 0 aromatic heterocycles. The third kappa shape index (κ3) is 3.57. The van der Waals surface area contributed by atoms with Crippen molar-refractivity contribution in [2.75, 3.05) is 7.11 Å². The lowest BCUT2D eigenvalue weighted by molar-refractivity contribution is -0.139. The lowest BCUT2D eigenvalue weighted by Gasteiger charge is -2.09. The smallest absolute Gasteiger partial charge is 0.318 e. The van der Waals surface area contributed by atoms with Crippen LogP contribution in [-0.2, 0) is 16.1 Å². The molecule has 0 saturated carbocycles. The van der Waals surface area contributed by atoms with E-state index >= 15 is 0 Å². The molecule has 0 radical (unpaired) electrons. The maximum absolute atomic E-state index is 11.2. The minimum absolute atomic E-state index is 0.0149. The van der Waals surface area contributed by atoms with Gasteiger partial charge >= 0.3 is 5.97 Å². The van der Waals surface area contributed by atoms with Gasteiger partial charge in [-0.25, -0.2) is 0 Å². The van der Waals surface area contributed by atoms with E-state index in [2.05, 4.69) is 4.74 Å². The summed E-state index contributed by atoms with van der Waals surface area (Å²) in [6, 6.07) is 7.47. The minimum atomic E-state index is -0.241. The molecule has 15 heavy (non-hydrogen) atoms. The average molecular weight is 226 g/mol. The zero-order chi connectivity index (χ0) is 11.3. The molecule has 1 aromatic rings. The Hall–Kier alpha value is -1.00. The predicted octanol–water partition coefficient (Wildman–Crippen LogP) is 1.83. The van der Waals surface area contributed by atoms with Gasteiger partial charge in [-0.2, -0.15) is 0 Å². The van der Waals surface area contributed by atoms with Crippen molar-refractivity contribution in [3.63, 3.8) is 0 Å². The molecule has 0 aliphatic heterocycles. The summed E-state index contributed by atoms with van der Waals surface area (Å²) < 4.78 is 4.63. The highest BCUT2D eigenvalue weighted by atomic mass is 32.2. The van der Waals surface area contributed by atoms with E-state index in [1.807, 2.05) is 24.3 Å². The first-order valence-corrected chi connectivity index (χ1v) is 5.49. The molecule has 1 aromatic carbocycles. The van der Waals surface area contributed by atoms with E-state index in [4.69, 9.17) is 5.11 Å². The van der Waals surface area contributed by atoms with E-state index in [0.717, 1.165) is 10.5 Å². The second-order valence-electron chi connectivity index (χ2n) is 3.09. The Morgan fingerprint density at radius 2 is 2.33 bits per heavy atom. The molecule has 1 N–H and O–H groups in total. The Kier molecular flexibility index (Phi) is 4.65. The fourth-order valence-corrected chi connectivity index (χ4v) is 2.11. The highest BCUT2D eigenvalue weighted by Gasteiger charge is 2.14. The van der Waals surface area contributed by atoms with Gasteiger partial charge in [-0.15, -0.1) is 11.8 Å². The normalized spacial score (nSPS) is 12.2. The van der Waals surface area contributed by atoms with Gasteiger partial charge in [0.25, 0.3) is 0 Å². The lowest BCUT2D eigenvalue weighted by atomic mass is 10.2. The molecule has 0 bridgehead atoms. The van der Waals surface area contributed by atoms with Crippen molar-refractivity contribution in [3.05, 3.63) is 29.8 Å². The largest absolute Gasteiger partial charge is 0.468 e. The van der Waals surface area contributed by atoms with Gasteiger partial charge in [-0.3, -0.25) is 4.79 Å². The van der Waals surface area contributed by atoms with Crippen LogP contribution in [-0.4, -0.2) is 23.4 Å². The first-order valence-electron chi connectivity index (χ1n) is 4.61. The zero-order valence-electron chi connectivity index (χ0n) is 8.77. The number of ether oxygens (including phenoxy) is 1. The molecule has 0 saturated heterocycles. The number of esters is 1. The van der Waals surface area contributed by atoms with Crippen molar-refractivity contribution in [3.8, 4) is 0 Å². The van der Waals surface area contributed by atoms with E-state index in [1.54, 1.807) is 6.92 Å². The molecule has 1 unspecified atom stereocenters. The maximum atomic E-state index is 11.2. The maximum Gasteiger partial charge on any atom is 0.318 e. The molecule has 4 heteroatoms. The fraction of sp³-hybridized carbons (Fsp3) is 0.364. The van der Waals surface area contributed by atoms with Crippen molar-refractivity contribution < 1.29 is 14.6 Å². The molecule has 0 amide bonds. The second-order valence-corrected chi connectivity index (χ2v) is 4.50. The molecule has 0 spiro atoms. The van der Waals surface area contributed by atoms with Gasteiger partial charge in [0.2, 0.25) is 0 Å². The lowest BCUT2D eigenvalue weighted by Crippen LogP contribution is -2.14. The third-order valence-electron chi connectivity index (χ3n) is 1.93. The van der Waals surface area contributed by atoms with E-state index in [0.29, 0.717) is 0 Å². The summed E-state index contributed by atoms with van der Waals surface area (Å²) in [5.74, 6) is -0.241. The van der Waals surface area contributed by atoms with E-state index in [-0.39, 0.29) is 17.8 Å². The SMILES string of the molecule is COC(=O)C(C)Sc1cccc(CO)c1. The number of aliphatic hydroxyl groups excluding tert-OH is 1. The Morgan fingerprint density at radius 3 is 2.93 bits per heavy atom. The van der Waals surface area contributed by atoms with Crippen molar-refractivity contribution >= 4 is 17.7 Å². The number of hydrogen-bond acceptors (Lipinski definition) is 4. The van der Waals surface area contributed by atoms with Crippen molar-refractivity contribution in [2.45, 2.75) is 23.7 Å². The van der Waals surface area contributed by atoms with Crippen LogP contribution in [0.4, 0.5) is 0 Å². The molecular formula is C11H14O3S. The van der Waals surface area contributed by atoms with Crippen LogP contribution in [0.3, 0.4) is 0 Å². The summed E-state index contributed by atoms with van der Waals surface area (Å²) in [7, 11) is 1.38. The fourth-order valence-electron chi connectivity index (χ4n) is 1.14. The standard InChI is InChI=1S/C11H14O3S/c1-8(11(13)14-2)15-10-5-3-4-9(6-10)7-12/h3-6,8,12H,7H2,1-2H3. The van der Waals surface area contributed by atoms with Crippen LogP contribution in [0.5, 0.6) is 0 Å². The molecule has 0 heterocycles. The molecule has 0 fully saturated rings. The van der Waals surface area contributed by atoms with E-state index in [1.165, 1.54) is 18.9 Å². The first kappa shape index (κ1) is 12.1. The third-order valence-corrected chi connectivity index (χ3v) is 3.00. The molecule has 82 valence electrons. The summed E-state index contributed by atoms with van der Waals surface area (Å²) in [6.45, 7) is 1.81. The Balaban J connectivity index is 2.67. The van der Waals surface area contributed by atoms with Crippen LogP contribution in [0.1, 0.15) is 12.5 Å². The summed E-state index contributed by atoms with van der Waals surface area (Å²) in [5.41, 5.74) is 0.845. The quantitative estimate of drug-likeness (QED) is 0.628. The van der Waals surface area contributed by atoms with Gasteiger partial charge in [0.15, 0.2) is 0 Å². The molecule has 0 aliphatic rings. The zero-order valence-corrected chi connectivity index (χ0v) is 9.58. The number of carbonyl (C=O) groups is 1. The van der Waals surface area contributed by atoms with Crippen LogP contribution < -0.4 is 0 Å². The molecule has 1 rings (SSSR count). The van der Waals surface area contributed by atoms with Gasteiger partial charge in [0.1, 0.15) is 5.25 Å². The number of benzene rings is 1. The summed E-state index contributed by atoms with van der Waals surface area (Å²) >= 11 is 1.42. The van der Waals surface area contributed by atoms with Crippen molar-refractivity contribution in [2.24, 2.45) is 0 Å². The number of rotatable bonds is 4. The monoisotopic (exact) mass is 226 g/mol. The van der Waals surface area contributed by atoms with Gasteiger partial charge in [0.05, 0.1) is 13.7 Å². The minimum Gasteiger partial charge on any atom is -0.468 e. The average Bonchev–Trinajstić information content (AvgIpc) is 2.28. The second kappa shape index (κ2) is 5.78. The van der Waals surface area contributed by atoms with E-state index < -0.39 is 0 Å². The summed E-state index contributed by atoms with van der Waals surface area (Å²) in [4.78, 5) is 12.1. The Morgan fingerprint density at radius 1 is 1.60 bits per heavy atom. The summed E-state index contributed by atoms with van der Waals surface area (Å²) in [5, 5.41) is 8.72. The van der Waals surface area contributed by atoms with Crippen molar-refractivity contribution in [1.29, 1.82) is 0 Å². The molecule has 1 atom stereocenters. The molecule has 0 aliphatic carbocycles. The number of carbonyl (C=O) groups excluding carboxylic acids is 1. The summed E-state index contributed by atoms with van der Waals surface area (Å²) in [6.07, 6.45) is 0. The number of methoxy groups -OCH3 is 1. The van der Waals surface area contributed by atoms with Crippen molar-refractivity contribution in [1.82, 2.24) is 0 Å². The highest BCUT2D eigenvalue weighted by molar-refractivity contribution is 8.00. The number of thioether (sulfide) groups is 1. The topological polar surface area (TPSA) is 46.5 Å². The molecule has 3 nitrogen and oxygen atoms in total. The van der Waals surface area contributed by atoms with Crippen LogP contribution >= 0.6 is 11.8 Å². The first-order chi connectivity index (χ1) is 7.17. The highest BCUT2D eigenvalue weighted by Crippen LogP contribution is 2.24. The van der Waals surface area contributed by atoms with Gasteiger partial charge in [0, 0.05) is 4.90 Å². The van der Waals surface area contributed by atoms with E-state index in [9.17, 15) is 4.79 Å². The number of aliphatic hydroxyl groups is 1. The van der Waals surface area contributed by atoms with Crippen LogP contribution in [0.2, 0.25) is 0 Å². The van der Waals surface area contributed by atoms with Gasteiger partial charge < -0.3 is 9.84 Å². The van der Waals surface area contributed by atoms with Gasteiger partial charge in [-0.1, -0.05) is 12.1 Å². The van der Waals surface area contributed by atoms with Gasteiger partial charge in [-0.05, 0) is 24.6 Å². The number of hydrogen-bond donors (Lipinski definition) is 1. The van der Waals surface area contributed by atoms with Crippen LogP contribution in [0.15, 0.2) is 29.2 Å². The molecular weight excluding hydrogens is 212 g/mol. The van der Waals surface area contributed by atoms with Crippen LogP contribution in [0.25, 0.3) is 0 Å². The Bertz CT molecular complexity index is 338. The van der Waals surface area contributed by atoms with Crippen LogP contribution in [0, 0.1) is 0 Å². The Labute approximate surface area is 93.4 Å². The predicted molar refractivity (Wildman–Crippen MR) is 59.7 cm³/mol.